The molecule has 0 fully saturated rings. The second-order valence-electron chi connectivity index (χ2n) is 6.89. The first-order chi connectivity index (χ1) is 15.7. The summed E-state index contributed by atoms with van der Waals surface area (Å²) < 4.78 is 5.99. The van der Waals surface area contributed by atoms with E-state index in [4.69, 9.17) is 4.42 Å². The maximum Gasteiger partial charge on any atom is 0.321 e. The smallest absolute Gasteiger partial charge is 0.321 e. The van der Waals surface area contributed by atoms with E-state index >= 15 is 0 Å². The van der Waals surface area contributed by atoms with Gasteiger partial charge in [-0.15, -0.1) is 0 Å². The Bertz CT molecular complexity index is 1120. The molecule has 2 N–H and O–H groups in total. The fourth-order valence-corrected chi connectivity index (χ4v) is 3.68. The Kier molecular flexibility index (Phi) is 6.99. The van der Waals surface area contributed by atoms with Crippen molar-refractivity contribution in [3.63, 3.8) is 0 Å². The number of carbonyl (C=O) groups excluding carboxylic acids is 2. The summed E-state index contributed by atoms with van der Waals surface area (Å²) >= 11 is 1.14. The lowest BCUT2D eigenvalue weighted by Crippen LogP contribution is -2.39. The molecular weight excluding hydrogens is 422 g/mol. The number of benzene rings is 3. The quantitative estimate of drug-likeness (QED) is 0.387. The number of hydrogen-bond acceptors (Lipinski definition) is 5. The molecule has 0 unspecified atom stereocenters. The van der Waals surface area contributed by atoms with Gasteiger partial charge in [0.2, 0.25) is 5.91 Å². The highest BCUT2D eigenvalue weighted by molar-refractivity contribution is 7.99. The lowest BCUT2D eigenvalue weighted by molar-refractivity contribution is -0.117. The highest BCUT2D eigenvalue weighted by Gasteiger charge is 2.18. The number of carbonyl (C=O) groups is 2. The van der Waals surface area contributed by atoms with Gasteiger partial charge in [0.1, 0.15) is 5.69 Å². The Morgan fingerprint density at radius 3 is 2.06 bits per heavy atom. The first-order valence-electron chi connectivity index (χ1n) is 10.0. The molecule has 0 aliphatic heterocycles. The van der Waals surface area contributed by atoms with E-state index in [2.05, 4.69) is 15.6 Å². The van der Waals surface area contributed by atoms with Crippen LogP contribution >= 0.6 is 11.8 Å². The number of oxazole rings is 1. The Morgan fingerprint density at radius 2 is 1.41 bits per heavy atom. The van der Waals surface area contributed by atoms with Crippen LogP contribution in [0, 0.1) is 0 Å². The lowest BCUT2D eigenvalue weighted by Gasteiger charge is -2.06. The zero-order valence-corrected chi connectivity index (χ0v) is 18.0. The van der Waals surface area contributed by atoms with Gasteiger partial charge in [-0.05, 0) is 5.56 Å². The number of amides is 3. The highest BCUT2D eigenvalue weighted by Crippen LogP contribution is 2.35. The fourth-order valence-electron chi connectivity index (χ4n) is 3.05. The van der Waals surface area contributed by atoms with E-state index in [-0.39, 0.29) is 5.75 Å². The van der Waals surface area contributed by atoms with Crippen molar-refractivity contribution in [2.75, 3.05) is 5.75 Å². The van der Waals surface area contributed by atoms with Crippen LogP contribution in [-0.4, -0.2) is 22.7 Å². The Hall–Kier alpha value is -3.84. The van der Waals surface area contributed by atoms with E-state index in [0.717, 1.165) is 28.5 Å². The molecule has 32 heavy (non-hydrogen) atoms. The third kappa shape index (κ3) is 5.65. The third-order valence-corrected chi connectivity index (χ3v) is 5.39. The summed E-state index contributed by atoms with van der Waals surface area (Å²) in [6, 6.07) is 28.4. The number of imide groups is 1. The van der Waals surface area contributed by atoms with Gasteiger partial charge in [0.15, 0.2) is 5.76 Å². The molecule has 0 saturated heterocycles. The maximum atomic E-state index is 12.2. The first kappa shape index (κ1) is 21.4. The minimum absolute atomic E-state index is 0.00172. The van der Waals surface area contributed by atoms with Crippen molar-refractivity contribution in [2.45, 2.75) is 11.8 Å². The second kappa shape index (κ2) is 10.5. The van der Waals surface area contributed by atoms with Crippen LogP contribution in [0.3, 0.4) is 0 Å². The van der Waals surface area contributed by atoms with Crippen molar-refractivity contribution in [3.05, 3.63) is 96.6 Å². The van der Waals surface area contributed by atoms with Crippen LogP contribution in [0.2, 0.25) is 0 Å². The van der Waals surface area contributed by atoms with E-state index < -0.39 is 11.9 Å². The van der Waals surface area contributed by atoms with Gasteiger partial charge >= 0.3 is 6.03 Å². The SMILES string of the molecule is O=C(CSc1nc(-c2ccccc2)c(-c2ccccc2)o1)NC(=O)NCc1ccccc1. The number of urea groups is 1. The van der Waals surface area contributed by atoms with Gasteiger partial charge in [0.05, 0.1) is 5.75 Å². The molecule has 0 bridgehead atoms. The standard InChI is InChI=1S/C25H21N3O3S/c29-21(27-24(30)26-16-18-10-4-1-5-11-18)17-32-25-28-22(19-12-6-2-7-13-19)23(31-25)20-14-8-3-9-15-20/h1-15H,16-17H2,(H2,26,27,29,30). The van der Waals surface area contributed by atoms with E-state index in [1.54, 1.807) is 0 Å². The summed E-state index contributed by atoms with van der Waals surface area (Å²) in [7, 11) is 0. The molecule has 0 aliphatic rings. The van der Waals surface area contributed by atoms with Crippen LogP contribution in [0.25, 0.3) is 22.6 Å². The average Bonchev–Trinajstić information content (AvgIpc) is 3.28. The number of thioether (sulfide) groups is 1. The lowest BCUT2D eigenvalue weighted by atomic mass is 10.1. The van der Waals surface area contributed by atoms with Gasteiger partial charge in [0, 0.05) is 17.7 Å². The fraction of sp³-hybridized carbons (Fsp3) is 0.0800. The van der Waals surface area contributed by atoms with Gasteiger partial charge in [-0.2, -0.15) is 0 Å². The monoisotopic (exact) mass is 443 g/mol. The molecule has 6 nitrogen and oxygen atoms in total. The van der Waals surface area contributed by atoms with Crippen molar-refractivity contribution in [2.24, 2.45) is 0 Å². The maximum absolute atomic E-state index is 12.2. The van der Waals surface area contributed by atoms with Crippen LogP contribution in [-0.2, 0) is 11.3 Å². The molecule has 0 saturated carbocycles. The molecule has 3 amide bonds. The van der Waals surface area contributed by atoms with Crippen molar-refractivity contribution in [1.82, 2.24) is 15.6 Å². The van der Waals surface area contributed by atoms with Crippen LogP contribution in [0.4, 0.5) is 4.79 Å². The van der Waals surface area contributed by atoms with Crippen molar-refractivity contribution < 1.29 is 14.0 Å². The number of aromatic nitrogens is 1. The van der Waals surface area contributed by atoms with Crippen LogP contribution in [0.5, 0.6) is 0 Å². The molecule has 3 aromatic carbocycles. The second-order valence-corrected chi connectivity index (χ2v) is 7.82. The van der Waals surface area contributed by atoms with Crippen molar-refractivity contribution in [3.8, 4) is 22.6 Å². The molecule has 4 aromatic rings. The van der Waals surface area contributed by atoms with E-state index in [9.17, 15) is 9.59 Å². The van der Waals surface area contributed by atoms with Crippen molar-refractivity contribution >= 4 is 23.7 Å². The zero-order chi connectivity index (χ0) is 22.2. The normalized spacial score (nSPS) is 10.5. The third-order valence-electron chi connectivity index (χ3n) is 4.57. The summed E-state index contributed by atoms with van der Waals surface area (Å²) in [5, 5.41) is 5.35. The molecule has 7 heteroatoms. The molecule has 0 aliphatic carbocycles. The summed E-state index contributed by atoms with van der Waals surface area (Å²) in [6.45, 7) is 0.341. The van der Waals surface area contributed by atoms with Gasteiger partial charge in [-0.25, -0.2) is 9.78 Å². The average molecular weight is 444 g/mol. The Labute approximate surface area is 190 Å². The van der Waals surface area contributed by atoms with E-state index in [1.165, 1.54) is 0 Å². The number of nitrogens with zero attached hydrogens (tertiary/aromatic N) is 1. The molecule has 0 radical (unpaired) electrons. The molecular formula is C25H21N3O3S. The molecule has 1 aromatic heterocycles. The number of rotatable bonds is 7. The van der Waals surface area contributed by atoms with Crippen molar-refractivity contribution in [1.29, 1.82) is 0 Å². The zero-order valence-electron chi connectivity index (χ0n) is 17.2. The van der Waals surface area contributed by atoms with E-state index in [0.29, 0.717) is 23.2 Å². The highest BCUT2D eigenvalue weighted by atomic mass is 32.2. The van der Waals surface area contributed by atoms with Crippen LogP contribution in [0.15, 0.2) is 101 Å². The largest absolute Gasteiger partial charge is 0.431 e. The van der Waals surface area contributed by atoms with Gasteiger partial charge in [-0.3, -0.25) is 10.1 Å². The van der Waals surface area contributed by atoms with Gasteiger partial charge < -0.3 is 9.73 Å². The van der Waals surface area contributed by atoms with Crippen LogP contribution in [0.1, 0.15) is 5.56 Å². The predicted octanol–water partition coefficient (Wildman–Crippen LogP) is 5.13. The number of nitrogens with one attached hydrogen (secondary N) is 2. The summed E-state index contributed by atoms with van der Waals surface area (Å²) in [6.07, 6.45) is 0. The first-order valence-corrected chi connectivity index (χ1v) is 11.0. The Morgan fingerprint density at radius 1 is 0.812 bits per heavy atom. The number of hydrogen-bond donors (Lipinski definition) is 2. The van der Waals surface area contributed by atoms with Gasteiger partial charge in [0.25, 0.3) is 5.22 Å². The van der Waals surface area contributed by atoms with E-state index in [1.807, 2.05) is 91.0 Å². The summed E-state index contributed by atoms with van der Waals surface area (Å²) in [5.74, 6) is 0.212. The summed E-state index contributed by atoms with van der Waals surface area (Å²) in [5.41, 5.74) is 3.48. The summed E-state index contributed by atoms with van der Waals surface area (Å²) in [4.78, 5) is 28.8. The minimum atomic E-state index is -0.540. The Balaban J connectivity index is 1.39. The molecule has 0 atom stereocenters. The topological polar surface area (TPSA) is 84.2 Å². The minimum Gasteiger partial charge on any atom is -0.431 e. The molecule has 1 heterocycles. The molecule has 4 rings (SSSR count). The molecule has 0 spiro atoms. The van der Waals surface area contributed by atoms with Gasteiger partial charge in [-0.1, -0.05) is 103 Å². The predicted molar refractivity (Wildman–Crippen MR) is 125 cm³/mol. The van der Waals surface area contributed by atoms with Crippen LogP contribution < -0.4 is 10.6 Å². The molecule has 160 valence electrons.